The van der Waals surface area contributed by atoms with Crippen molar-refractivity contribution >= 4 is 35.0 Å². The predicted octanol–water partition coefficient (Wildman–Crippen LogP) is 5.81. The van der Waals surface area contributed by atoms with Gasteiger partial charge in [0.15, 0.2) is 0 Å². The van der Waals surface area contributed by atoms with Crippen molar-refractivity contribution in [2.75, 3.05) is 36.8 Å². The molecule has 2 aliphatic heterocycles. The van der Waals surface area contributed by atoms with Gasteiger partial charge in [-0.05, 0) is 87.5 Å². The molecule has 2 heterocycles. The summed E-state index contributed by atoms with van der Waals surface area (Å²) in [5.74, 6) is 0.538. The van der Waals surface area contributed by atoms with Crippen LogP contribution >= 0.6 is 0 Å². The van der Waals surface area contributed by atoms with E-state index in [1.807, 2.05) is 34.1 Å². The number of benzene rings is 2. The maximum atomic E-state index is 13.2. The molecule has 0 unspecified atom stereocenters. The lowest BCUT2D eigenvalue weighted by Gasteiger charge is -2.31. The van der Waals surface area contributed by atoms with Crippen molar-refractivity contribution in [3.05, 3.63) is 59.7 Å². The second-order valence-corrected chi connectivity index (χ2v) is 12.6. The van der Waals surface area contributed by atoms with Crippen LogP contribution in [0.5, 0.6) is 0 Å². The Morgan fingerprint density at radius 1 is 0.548 bits per heavy atom. The van der Waals surface area contributed by atoms with Gasteiger partial charge < -0.3 is 20.4 Å². The van der Waals surface area contributed by atoms with E-state index in [2.05, 4.69) is 24.5 Å². The fourth-order valence-corrected chi connectivity index (χ4v) is 6.41. The average Bonchev–Trinajstić information content (AvgIpc) is 3.02. The highest BCUT2D eigenvalue weighted by Gasteiger charge is 2.32. The van der Waals surface area contributed by atoms with E-state index in [4.69, 9.17) is 0 Å². The van der Waals surface area contributed by atoms with E-state index in [9.17, 15) is 19.2 Å². The quantitative estimate of drug-likeness (QED) is 0.456. The lowest BCUT2D eigenvalue weighted by atomic mass is 9.81. The van der Waals surface area contributed by atoms with Crippen molar-refractivity contribution in [3.63, 3.8) is 0 Å². The molecule has 8 heteroatoms. The third kappa shape index (κ3) is 7.02. The second-order valence-electron chi connectivity index (χ2n) is 12.6. The van der Waals surface area contributed by atoms with Gasteiger partial charge in [0.1, 0.15) is 0 Å². The molecule has 224 valence electrons. The Kier molecular flexibility index (Phi) is 9.60. The SMILES string of the molecule is CC1CCN(C(=O)c2ccccc2NC(=O)C2CCC(C(=O)Nc3ccccc3C(=O)N3CCC(C)CC3)CC2)CC1. The molecule has 0 atom stereocenters. The lowest BCUT2D eigenvalue weighted by Crippen LogP contribution is -2.38. The molecule has 3 aliphatic rings. The minimum absolute atomic E-state index is 0.0354. The normalized spacial score (nSPS) is 22.0. The smallest absolute Gasteiger partial charge is 0.255 e. The molecule has 2 N–H and O–H groups in total. The topological polar surface area (TPSA) is 98.8 Å². The Bertz CT molecular complexity index is 1190. The molecule has 2 saturated heterocycles. The summed E-state index contributed by atoms with van der Waals surface area (Å²) in [5, 5.41) is 6.04. The maximum absolute atomic E-state index is 13.2. The van der Waals surface area contributed by atoms with Crippen molar-refractivity contribution in [2.45, 2.75) is 65.2 Å². The number of para-hydroxylation sites is 2. The van der Waals surface area contributed by atoms with E-state index in [0.717, 1.165) is 51.9 Å². The Balaban J connectivity index is 1.15. The first-order valence-corrected chi connectivity index (χ1v) is 15.7. The Labute approximate surface area is 249 Å². The van der Waals surface area contributed by atoms with Crippen LogP contribution in [-0.4, -0.2) is 59.6 Å². The zero-order chi connectivity index (χ0) is 29.6. The molecule has 0 radical (unpaired) electrons. The predicted molar refractivity (Wildman–Crippen MR) is 164 cm³/mol. The van der Waals surface area contributed by atoms with E-state index in [0.29, 0.717) is 60.0 Å². The summed E-state index contributed by atoms with van der Waals surface area (Å²) in [6, 6.07) is 14.5. The van der Waals surface area contributed by atoms with E-state index in [1.54, 1.807) is 24.3 Å². The number of piperidine rings is 2. The van der Waals surface area contributed by atoms with Crippen molar-refractivity contribution in [1.29, 1.82) is 0 Å². The molecule has 1 saturated carbocycles. The number of hydrogen-bond acceptors (Lipinski definition) is 4. The van der Waals surface area contributed by atoms with Crippen LogP contribution in [0.25, 0.3) is 0 Å². The number of nitrogens with one attached hydrogen (secondary N) is 2. The van der Waals surface area contributed by atoms with Gasteiger partial charge in [-0.3, -0.25) is 19.2 Å². The van der Waals surface area contributed by atoms with Gasteiger partial charge in [-0.25, -0.2) is 0 Å². The van der Waals surface area contributed by atoms with Crippen LogP contribution in [0, 0.1) is 23.7 Å². The number of carbonyl (C=O) groups excluding carboxylic acids is 4. The highest BCUT2D eigenvalue weighted by molar-refractivity contribution is 6.05. The molecule has 2 aromatic rings. The van der Waals surface area contributed by atoms with Gasteiger partial charge in [-0.15, -0.1) is 0 Å². The summed E-state index contributed by atoms with van der Waals surface area (Å²) < 4.78 is 0. The molecule has 2 aromatic carbocycles. The minimum Gasteiger partial charge on any atom is -0.339 e. The number of amides is 4. The summed E-state index contributed by atoms with van der Waals surface area (Å²) in [7, 11) is 0. The van der Waals surface area contributed by atoms with Crippen LogP contribution in [0.4, 0.5) is 11.4 Å². The van der Waals surface area contributed by atoms with E-state index in [-0.39, 0.29) is 35.5 Å². The monoisotopic (exact) mass is 572 g/mol. The molecule has 4 amide bonds. The fourth-order valence-electron chi connectivity index (χ4n) is 6.41. The molecule has 8 nitrogen and oxygen atoms in total. The van der Waals surface area contributed by atoms with Crippen molar-refractivity contribution in [1.82, 2.24) is 9.80 Å². The van der Waals surface area contributed by atoms with E-state index >= 15 is 0 Å². The van der Waals surface area contributed by atoms with Crippen LogP contribution in [-0.2, 0) is 9.59 Å². The van der Waals surface area contributed by atoms with Gasteiger partial charge >= 0.3 is 0 Å². The summed E-state index contributed by atoms with van der Waals surface area (Å²) in [4.78, 5) is 56.7. The molecular formula is C34H44N4O4. The minimum atomic E-state index is -0.219. The number of nitrogens with zero attached hydrogens (tertiary/aromatic N) is 2. The third-order valence-electron chi connectivity index (χ3n) is 9.44. The van der Waals surface area contributed by atoms with Gasteiger partial charge in [-0.2, -0.15) is 0 Å². The van der Waals surface area contributed by atoms with Crippen LogP contribution in [0.15, 0.2) is 48.5 Å². The van der Waals surface area contributed by atoms with Gasteiger partial charge in [0, 0.05) is 38.0 Å². The largest absolute Gasteiger partial charge is 0.339 e. The zero-order valence-electron chi connectivity index (χ0n) is 24.9. The zero-order valence-corrected chi connectivity index (χ0v) is 24.9. The highest BCUT2D eigenvalue weighted by atomic mass is 16.2. The summed E-state index contributed by atoms with van der Waals surface area (Å²) in [6.45, 7) is 7.39. The molecule has 0 aromatic heterocycles. The van der Waals surface area contributed by atoms with Crippen LogP contribution in [0.3, 0.4) is 0 Å². The van der Waals surface area contributed by atoms with Gasteiger partial charge in [0.25, 0.3) is 11.8 Å². The number of likely N-dealkylation sites (tertiary alicyclic amines) is 2. The van der Waals surface area contributed by atoms with Crippen molar-refractivity contribution in [2.24, 2.45) is 23.7 Å². The standard InChI is InChI=1S/C34H44N4O4/c1-23-15-19-37(20-16-23)33(41)27-7-3-5-9-29(27)35-31(39)25-11-13-26(14-12-25)32(40)36-30-10-6-4-8-28(30)34(42)38-21-17-24(2)18-22-38/h3-10,23-26H,11-22H2,1-2H3,(H,35,39)(H,36,40). The van der Waals surface area contributed by atoms with E-state index < -0.39 is 0 Å². The lowest BCUT2D eigenvalue weighted by molar-refractivity contribution is -0.125. The van der Waals surface area contributed by atoms with Gasteiger partial charge in [0.05, 0.1) is 22.5 Å². The van der Waals surface area contributed by atoms with Crippen LogP contribution in [0.1, 0.15) is 85.9 Å². The van der Waals surface area contributed by atoms with Gasteiger partial charge in [0.2, 0.25) is 11.8 Å². The fraction of sp³-hybridized carbons (Fsp3) is 0.529. The van der Waals surface area contributed by atoms with Crippen molar-refractivity contribution < 1.29 is 19.2 Å². The molecule has 1 aliphatic carbocycles. The van der Waals surface area contributed by atoms with E-state index in [1.165, 1.54) is 0 Å². The molecule has 0 bridgehead atoms. The first-order chi connectivity index (χ1) is 20.3. The van der Waals surface area contributed by atoms with Crippen LogP contribution < -0.4 is 10.6 Å². The molecule has 42 heavy (non-hydrogen) atoms. The molecule has 3 fully saturated rings. The van der Waals surface area contributed by atoms with Gasteiger partial charge in [-0.1, -0.05) is 38.1 Å². The number of rotatable bonds is 6. The first-order valence-electron chi connectivity index (χ1n) is 15.7. The average molecular weight is 573 g/mol. The molecular weight excluding hydrogens is 528 g/mol. The first kappa shape index (κ1) is 29.8. The Hall–Kier alpha value is -3.68. The Morgan fingerprint density at radius 2 is 0.881 bits per heavy atom. The van der Waals surface area contributed by atoms with Crippen molar-refractivity contribution in [3.8, 4) is 0 Å². The summed E-state index contributed by atoms with van der Waals surface area (Å²) in [6.07, 6.45) is 6.36. The summed E-state index contributed by atoms with van der Waals surface area (Å²) >= 11 is 0. The number of anilines is 2. The molecule has 0 spiro atoms. The maximum Gasteiger partial charge on any atom is 0.255 e. The van der Waals surface area contributed by atoms with Crippen LogP contribution in [0.2, 0.25) is 0 Å². The number of carbonyl (C=O) groups is 4. The highest BCUT2D eigenvalue weighted by Crippen LogP contribution is 2.32. The Morgan fingerprint density at radius 3 is 1.24 bits per heavy atom. The molecule has 5 rings (SSSR count). The summed E-state index contributed by atoms with van der Waals surface area (Å²) in [5.41, 5.74) is 2.16. The number of hydrogen-bond donors (Lipinski definition) is 2. The second kappa shape index (κ2) is 13.5. The third-order valence-corrected chi connectivity index (χ3v) is 9.44.